The minimum Gasteiger partial charge on any atom is -0.482 e. The average Bonchev–Trinajstić information content (AvgIpc) is 2.68. The Balaban J connectivity index is 1.68. The van der Waals surface area contributed by atoms with Crippen molar-refractivity contribution in [3.05, 3.63) is 41.4 Å². The molecule has 0 radical (unpaired) electrons. The van der Waals surface area contributed by atoms with E-state index >= 15 is 0 Å². The van der Waals surface area contributed by atoms with Crippen LogP contribution in [0.1, 0.15) is 6.92 Å². The molecule has 2 aromatic carbocycles. The van der Waals surface area contributed by atoms with Crippen LogP contribution in [0.5, 0.6) is 5.75 Å². The number of hydrogen-bond donors (Lipinski definition) is 3. The summed E-state index contributed by atoms with van der Waals surface area (Å²) >= 11 is 6.14. The van der Waals surface area contributed by atoms with Gasteiger partial charge in [0.1, 0.15) is 5.75 Å². The van der Waals surface area contributed by atoms with Crippen molar-refractivity contribution < 1.29 is 27.5 Å². The van der Waals surface area contributed by atoms with Gasteiger partial charge in [0.15, 0.2) is 6.61 Å². The Morgan fingerprint density at radius 3 is 2.52 bits per heavy atom. The topological polar surface area (TPSA) is 134 Å². The highest BCUT2D eigenvalue weighted by molar-refractivity contribution is 7.89. The van der Waals surface area contributed by atoms with Gasteiger partial charge in [0.2, 0.25) is 21.8 Å². The molecule has 3 amide bonds. The third-order valence-electron chi connectivity index (χ3n) is 4.23. The van der Waals surface area contributed by atoms with Crippen molar-refractivity contribution in [3.8, 4) is 5.75 Å². The number of carbonyl (C=O) groups is 3. The number of nitrogens with zero attached hydrogens (tertiary/aromatic N) is 1. The molecule has 0 saturated heterocycles. The SMILES string of the molecule is CC(=O)Nc1ccc(S(=O)(=O)N(C)CC(=O)Nc2cc3c(cc2Cl)NC(=O)CO3)cc1. The molecule has 0 saturated carbocycles. The summed E-state index contributed by atoms with van der Waals surface area (Å²) in [5.41, 5.74) is 1.04. The molecule has 0 atom stereocenters. The van der Waals surface area contributed by atoms with E-state index in [1.807, 2.05) is 0 Å². The normalized spacial score (nSPS) is 13.1. The van der Waals surface area contributed by atoms with Crippen molar-refractivity contribution in [1.82, 2.24) is 4.31 Å². The van der Waals surface area contributed by atoms with Crippen molar-refractivity contribution in [2.45, 2.75) is 11.8 Å². The molecule has 2 aromatic rings. The maximum atomic E-state index is 12.7. The van der Waals surface area contributed by atoms with Crippen LogP contribution in [0, 0.1) is 0 Å². The highest BCUT2D eigenvalue weighted by Crippen LogP contribution is 2.36. The zero-order chi connectivity index (χ0) is 22.8. The van der Waals surface area contributed by atoms with E-state index < -0.39 is 22.5 Å². The van der Waals surface area contributed by atoms with Gasteiger partial charge in [0.25, 0.3) is 5.91 Å². The molecule has 0 fully saturated rings. The molecule has 31 heavy (non-hydrogen) atoms. The summed E-state index contributed by atoms with van der Waals surface area (Å²) in [6, 6.07) is 8.45. The molecule has 3 rings (SSSR count). The fraction of sp³-hybridized carbons (Fsp3) is 0.211. The first kappa shape index (κ1) is 22.5. The molecule has 0 spiro atoms. The van der Waals surface area contributed by atoms with E-state index in [1.165, 1.54) is 50.4 Å². The molecule has 1 heterocycles. The van der Waals surface area contributed by atoms with E-state index in [1.54, 1.807) is 0 Å². The molecular weight excluding hydrogens is 448 g/mol. The molecule has 0 aromatic heterocycles. The Labute approximate surface area is 183 Å². The lowest BCUT2D eigenvalue weighted by Gasteiger charge is -2.20. The van der Waals surface area contributed by atoms with Crippen LogP contribution in [-0.4, -0.2) is 50.6 Å². The Kier molecular flexibility index (Phi) is 6.48. The first-order valence-corrected chi connectivity index (χ1v) is 10.8. The Morgan fingerprint density at radius 1 is 1.19 bits per heavy atom. The highest BCUT2D eigenvalue weighted by atomic mass is 35.5. The zero-order valence-corrected chi connectivity index (χ0v) is 18.1. The number of hydrogen-bond acceptors (Lipinski definition) is 6. The number of sulfonamides is 1. The van der Waals surface area contributed by atoms with Gasteiger partial charge in [-0.05, 0) is 30.3 Å². The molecule has 3 N–H and O–H groups in total. The van der Waals surface area contributed by atoms with Gasteiger partial charge in [0.05, 0.1) is 27.8 Å². The number of anilines is 3. The maximum Gasteiger partial charge on any atom is 0.262 e. The molecule has 0 aliphatic carbocycles. The molecule has 10 nitrogen and oxygen atoms in total. The van der Waals surface area contributed by atoms with E-state index in [4.69, 9.17) is 16.3 Å². The fourth-order valence-corrected chi connectivity index (χ4v) is 4.10. The van der Waals surface area contributed by atoms with E-state index in [0.29, 0.717) is 17.1 Å². The predicted octanol–water partition coefficient (Wildman–Crippen LogP) is 1.89. The minimum atomic E-state index is -3.95. The number of ether oxygens (including phenoxy) is 1. The Hall–Kier alpha value is -3.15. The lowest BCUT2D eigenvalue weighted by Crippen LogP contribution is -2.35. The zero-order valence-electron chi connectivity index (χ0n) is 16.6. The molecule has 12 heteroatoms. The van der Waals surface area contributed by atoms with Gasteiger partial charge in [-0.1, -0.05) is 11.6 Å². The molecule has 164 valence electrons. The smallest absolute Gasteiger partial charge is 0.262 e. The molecular formula is C19H19ClN4O6S. The molecule has 0 bridgehead atoms. The van der Waals surface area contributed by atoms with Crippen molar-refractivity contribution in [2.24, 2.45) is 0 Å². The second-order valence-electron chi connectivity index (χ2n) is 6.68. The number of amides is 3. The summed E-state index contributed by atoms with van der Waals surface area (Å²) in [7, 11) is -2.68. The number of rotatable bonds is 6. The van der Waals surface area contributed by atoms with Crippen LogP contribution >= 0.6 is 11.6 Å². The van der Waals surface area contributed by atoms with Crippen LogP contribution in [0.15, 0.2) is 41.3 Å². The van der Waals surface area contributed by atoms with Crippen LogP contribution in [0.4, 0.5) is 17.1 Å². The lowest BCUT2D eigenvalue weighted by molar-refractivity contribution is -0.119. The third kappa shape index (κ3) is 5.32. The standard InChI is InChI=1S/C19H19ClN4O6S/c1-11(25)21-12-3-5-13(6-4-12)31(28,29)24(2)9-18(26)22-15-8-17-16(7-14(15)20)23-19(27)10-30-17/h3-8H,9-10H2,1-2H3,(H,21,25)(H,22,26)(H,23,27). The lowest BCUT2D eigenvalue weighted by atomic mass is 10.2. The maximum absolute atomic E-state index is 12.7. The fourth-order valence-electron chi connectivity index (χ4n) is 2.77. The first-order chi connectivity index (χ1) is 14.6. The van der Waals surface area contributed by atoms with Crippen LogP contribution in [-0.2, 0) is 24.4 Å². The summed E-state index contributed by atoms with van der Waals surface area (Å²) in [6.07, 6.45) is 0. The second-order valence-corrected chi connectivity index (χ2v) is 9.13. The van der Waals surface area contributed by atoms with Gasteiger partial charge in [-0.25, -0.2) is 8.42 Å². The van der Waals surface area contributed by atoms with Crippen molar-refractivity contribution in [1.29, 1.82) is 0 Å². The third-order valence-corrected chi connectivity index (χ3v) is 6.36. The van der Waals surface area contributed by atoms with Gasteiger partial charge in [-0.3, -0.25) is 14.4 Å². The quantitative estimate of drug-likeness (QED) is 0.595. The number of carbonyl (C=O) groups excluding carboxylic acids is 3. The first-order valence-electron chi connectivity index (χ1n) is 8.96. The van der Waals surface area contributed by atoms with Crippen LogP contribution in [0.2, 0.25) is 5.02 Å². The van der Waals surface area contributed by atoms with Gasteiger partial charge in [-0.15, -0.1) is 0 Å². The van der Waals surface area contributed by atoms with Crippen molar-refractivity contribution in [2.75, 3.05) is 36.1 Å². The van der Waals surface area contributed by atoms with Gasteiger partial charge in [0, 0.05) is 25.7 Å². The summed E-state index contributed by atoms with van der Waals surface area (Å²) in [4.78, 5) is 34.8. The summed E-state index contributed by atoms with van der Waals surface area (Å²) < 4.78 is 31.6. The van der Waals surface area contributed by atoms with Crippen LogP contribution in [0.25, 0.3) is 0 Å². The molecule has 1 aliphatic heterocycles. The predicted molar refractivity (Wildman–Crippen MR) is 115 cm³/mol. The second kappa shape index (κ2) is 8.92. The van der Waals surface area contributed by atoms with E-state index in [9.17, 15) is 22.8 Å². The summed E-state index contributed by atoms with van der Waals surface area (Å²) in [6.45, 7) is 0.707. The van der Waals surface area contributed by atoms with Crippen LogP contribution < -0.4 is 20.7 Å². The monoisotopic (exact) mass is 466 g/mol. The Bertz CT molecular complexity index is 1150. The largest absolute Gasteiger partial charge is 0.482 e. The van der Waals surface area contributed by atoms with Gasteiger partial charge in [-0.2, -0.15) is 4.31 Å². The molecule has 0 unspecified atom stereocenters. The summed E-state index contributed by atoms with van der Waals surface area (Å²) in [5.74, 6) is -0.891. The minimum absolute atomic E-state index is 0.0344. The van der Waals surface area contributed by atoms with Gasteiger partial charge >= 0.3 is 0 Å². The average molecular weight is 467 g/mol. The summed E-state index contributed by atoms with van der Waals surface area (Å²) in [5, 5.41) is 7.83. The van der Waals surface area contributed by atoms with E-state index in [-0.39, 0.29) is 34.0 Å². The van der Waals surface area contributed by atoms with Gasteiger partial charge < -0.3 is 20.7 Å². The highest BCUT2D eigenvalue weighted by Gasteiger charge is 2.24. The number of fused-ring (bicyclic) bond motifs is 1. The Morgan fingerprint density at radius 2 is 1.87 bits per heavy atom. The number of nitrogens with one attached hydrogen (secondary N) is 3. The van der Waals surface area contributed by atoms with Crippen molar-refractivity contribution in [3.63, 3.8) is 0 Å². The molecule has 1 aliphatic rings. The van der Waals surface area contributed by atoms with E-state index in [2.05, 4.69) is 16.0 Å². The van der Waals surface area contributed by atoms with Crippen molar-refractivity contribution >= 4 is 56.4 Å². The number of halogens is 1. The number of likely N-dealkylation sites (N-methyl/N-ethyl adjacent to an activating group) is 1. The van der Waals surface area contributed by atoms with E-state index in [0.717, 1.165) is 4.31 Å². The number of benzene rings is 2. The van der Waals surface area contributed by atoms with Crippen LogP contribution in [0.3, 0.4) is 0 Å².